The number of nitrogens with one attached hydrogen (secondary N) is 2. The number of hydrogen-bond acceptors (Lipinski definition) is 4. The van der Waals surface area contributed by atoms with Crippen molar-refractivity contribution in [2.24, 2.45) is 5.92 Å². The molecule has 2 N–H and O–H groups in total. The topological polar surface area (TPSA) is 66.9 Å². The average molecular weight is 222 g/mol. The van der Waals surface area contributed by atoms with Crippen LogP contribution in [-0.4, -0.2) is 29.5 Å². The van der Waals surface area contributed by atoms with E-state index in [-0.39, 0.29) is 11.8 Å². The first-order valence-corrected chi connectivity index (χ1v) is 5.30. The summed E-state index contributed by atoms with van der Waals surface area (Å²) in [6.45, 7) is 6.24. The molecule has 0 saturated heterocycles. The molecule has 0 fully saturated rings. The molecule has 1 unspecified atom stereocenters. The summed E-state index contributed by atoms with van der Waals surface area (Å²) in [6, 6.07) is 1.87. The van der Waals surface area contributed by atoms with Crippen LogP contribution in [0.25, 0.3) is 0 Å². The third-order valence-electron chi connectivity index (χ3n) is 2.18. The number of anilines is 1. The van der Waals surface area contributed by atoms with Crippen molar-refractivity contribution >= 4 is 11.9 Å². The van der Waals surface area contributed by atoms with E-state index in [9.17, 15) is 4.79 Å². The number of hydrogen-bond donors (Lipinski definition) is 2. The van der Waals surface area contributed by atoms with Gasteiger partial charge in [0.15, 0.2) is 0 Å². The fraction of sp³-hybridized carbons (Fsp3) is 0.545. The van der Waals surface area contributed by atoms with E-state index in [0.29, 0.717) is 12.5 Å². The van der Waals surface area contributed by atoms with Crippen molar-refractivity contribution in [3.8, 4) is 0 Å². The van der Waals surface area contributed by atoms with Gasteiger partial charge in [0.2, 0.25) is 11.9 Å². The summed E-state index contributed by atoms with van der Waals surface area (Å²) >= 11 is 0. The van der Waals surface area contributed by atoms with Gasteiger partial charge in [-0.05, 0) is 27.0 Å². The molecule has 16 heavy (non-hydrogen) atoms. The summed E-state index contributed by atoms with van der Waals surface area (Å²) in [7, 11) is 1.82. The third kappa shape index (κ3) is 3.58. The third-order valence-corrected chi connectivity index (χ3v) is 2.18. The standard InChI is InChI=1S/C11H18N4O/c1-7(6-12-4)10(16)15-11-13-8(2)5-9(3)14-11/h5,7,12H,6H2,1-4H3,(H,13,14,15,16). The summed E-state index contributed by atoms with van der Waals surface area (Å²) in [5, 5.41) is 5.66. The Kier molecular flexibility index (Phi) is 4.37. The van der Waals surface area contributed by atoms with Crippen LogP contribution in [0.5, 0.6) is 0 Å². The number of aromatic nitrogens is 2. The van der Waals surface area contributed by atoms with E-state index in [1.807, 2.05) is 33.9 Å². The van der Waals surface area contributed by atoms with Crippen molar-refractivity contribution in [3.05, 3.63) is 17.5 Å². The van der Waals surface area contributed by atoms with Crippen molar-refractivity contribution in [2.75, 3.05) is 18.9 Å². The predicted octanol–water partition coefficient (Wildman–Crippen LogP) is 0.887. The minimum absolute atomic E-state index is 0.0700. The Balaban J connectivity index is 2.69. The van der Waals surface area contributed by atoms with Crippen LogP contribution in [0.4, 0.5) is 5.95 Å². The lowest BCUT2D eigenvalue weighted by molar-refractivity contribution is -0.119. The monoisotopic (exact) mass is 222 g/mol. The van der Waals surface area contributed by atoms with E-state index in [4.69, 9.17) is 0 Å². The minimum Gasteiger partial charge on any atom is -0.319 e. The van der Waals surface area contributed by atoms with Gasteiger partial charge >= 0.3 is 0 Å². The molecule has 1 aromatic heterocycles. The van der Waals surface area contributed by atoms with E-state index in [1.54, 1.807) is 0 Å². The maximum Gasteiger partial charge on any atom is 0.230 e. The number of nitrogens with zero attached hydrogens (tertiary/aromatic N) is 2. The van der Waals surface area contributed by atoms with Gasteiger partial charge in [0.1, 0.15) is 0 Å². The van der Waals surface area contributed by atoms with Gasteiger partial charge in [-0.25, -0.2) is 9.97 Å². The molecule has 0 aliphatic heterocycles. The van der Waals surface area contributed by atoms with Gasteiger partial charge < -0.3 is 5.32 Å². The highest BCUT2D eigenvalue weighted by molar-refractivity contribution is 5.90. The number of carbonyl (C=O) groups is 1. The smallest absolute Gasteiger partial charge is 0.230 e. The Hall–Kier alpha value is -1.49. The molecule has 88 valence electrons. The SMILES string of the molecule is CNCC(C)C(=O)Nc1nc(C)cc(C)n1. The van der Waals surface area contributed by atoms with Crippen LogP contribution >= 0.6 is 0 Å². The second kappa shape index (κ2) is 5.55. The summed E-state index contributed by atoms with van der Waals surface area (Å²) in [6.07, 6.45) is 0. The van der Waals surface area contributed by atoms with Crippen LogP contribution in [0.15, 0.2) is 6.07 Å². The molecule has 1 rings (SSSR count). The van der Waals surface area contributed by atoms with Gasteiger partial charge in [0.05, 0.1) is 0 Å². The van der Waals surface area contributed by atoms with Gasteiger partial charge in [-0.1, -0.05) is 6.92 Å². The Morgan fingerprint density at radius 2 is 1.94 bits per heavy atom. The van der Waals surface area contributed by atoms with Gasteiger partial charge in [0, 0.05) is 23.9 Å². The van der Waals surface area contributed by atoms with Crippen LogP contribution < -0.4 is 10.6 Å². The minimum atomic E-state index is -0.102. The highest BCUT2D eigenvalue weighted by Gasteiger charge is 2.13. The van der Waals surface area contributed by atoms with Gasteiger partial charge in [-0.3, -0.25) is 10.1 Å². The lowest BCUT2D eigenvalue weighted by Crippen LogP contribution is -2.29. The van der Waals surface area contributed by atoms with E-state index >= 15 is 0 Å². The molecule has 0 aliphatic carbocycles. The summed E-state index contributed by atoms with van der Waals surface area (Å²) in [4.78, 5) is 20.0. The second-order valence-electron chi connectivity index (χ2n) is 3.92. The molecule has 1 amide bonds. The fourth-order valence-corrected chi connectivity index (χ4v) is 1.41. The largest absolute Gasteiger partial charge is 0.319 e. The lowest BCUT2D eigenvalue weighted by atomic mass is 10.1. The number of carbonyl (C=O) groups excluding carboxylic acids is 1. The first-order valence-electron chi connectivity index (χ1n) is 5.30. The molecule has 0 spiro atoms. The molecule has 1 aromatic rings. The van der Waals surface area contributed by atoms with Crippen LogP contribution in [0.1, 0.15) is 18.3 Å². The van der Waals surface area contributed by atoms with Crippen LogP contribution in [0, 0.1) is 19.8 Å². The lowest BCUT2D eigenvalue weighted by Gasteiger charge is -2.10. The fourth-order valence-electron chi connectivity index (χ4n) is 1.41. The maximum atomic E-state index is 11.7. The summed E-state index contributed by atoms with van der Waals surface area (Å²) in [5.41, 5.74) is 1.70. The van der Waals surface area contributed by atoms with Crippen LogP contribution in [-0.2, 0) is 4.79 Å². The Morgan fingerprint density at radius 3 is 2.44 bits per heavy atom. The molecule has 0 aromatic carbocycles. The van der Waals surface area contributed by atoms with E-state index in [2.05, 4.69) is 20.6 Å². The Bertz CT molecular complexity index is 358. The first kappa shape index (κ1) is 12.6. The summed E-state index contributed by atoms with van der Waals surface area (Å²) < 4.78 is 0. The highest BCUT2D eigenvalue weighted by atomic mass is 16.2. The molecule has 5 nitrogen and oxygen atoms in total. The van der Waals surface area contributed by atoms with E-state index < -0.39 is 0 Å². The molecule has 0 aliphatic rings. The maximum absolute atomic E-state index is 11.7. The van der Waals surface area contributed by atoms with E-state index in [1.165, 1.54) is 0 Å². The predicted molar refractivity (Wildman–Crippen MR) is 63.2 cm³/mol. The Morgan fingerprint density at radius 1 is 1.38 bits per heavy atom. The molecule has 5 heteroatoms. The van der Waals surface area contributed by atoms with Crippen molar-refractivity contribution in [2.45, 2.75) is 20.8 Å². The zero-order valence-electron chi connectivity index (χ0n) is 10.2. The highest BCUT2D eigenvalue weighted by Crippen LogP contribution is 2.05. The van der Waals surface area contributed by atoms with Gasteiger partial charge in [0.25, 0.3) is 0 Å². The van der Waals surface area contributed by atoms with E-state index in [0.717, 1.165) is 11.4 Å². The quantitative estimate of drug-likeness (QED) is 0.794. The van der Waals surface area contributed by atoms with Crippen molar-refractivity contribution < 1.29 is 4.79 Å². The van der Waals surface area contributed by atoms with Crippen molar-refractivity contribution in [1.29, 1.82) is 0 Å². The molecule has 0 bridgehead atoms. The summed E-state index contributed by atoms with van der Waals surface area (Å²) in [5.74, 6) is 0.208. The number of amides is 1. The molecular formula is C11H18N4O. The van der Waals surface area contributed by atoms with Crippen molar-refractivity contribution in [1.82, 2.24) is 15.3 Å². The first-order chi connectivity index (χ1) is 7.52. The Labute approximate surface area is 95.7 Å². The molecule has 1 heterocycles. The zero-order chi connectivity index (χ0) is 12.1. The van der Waals surface area contributed by atoms with Gasteiger partial charge in [-0.2, -0.15) is 0 Å². The number of rotatable bonds is 4. The molecule has 1 atom stereocenters. The zero-order valence-corrected chi connectivity index (χ0v) is 10.2. The molecular weight excluding hydrogens is 204 g/mol. The normalized spacial score (nSPS) is 12.2. The van der Waals surface area contributed by atoms with Crippen molar-refractivity contribution in [3.63, 3.8) is 0 Å². The van der Waals surface area contributed by atoms with Crippen LogP contribution in [0.3, 0.4) is 0 Å². The molecule has 0 radical (unpaired) electrons. The number of aryl methyl sites for hydroxylation is 2. The molecule has 0 saturated carbocycles. The average Bonchev–Trinajstić information content (AvgIpc) is 2.16. The van der Waals surface area contributed by atoms with Gasteiger partial charge in [-0.15, -0.1) is 0 Å². The second-order valence-corrected chi connectivity index (χ2v) is 3.92. The van der Waals surface area contributed by atoms with Crippen LogP contribution in [0.2, 0.25) is 0 Å².